The number of hydrogen-bond donors (Lipinski definition) is 2. The normalized spacial score (nSPS) is 11.9. The van der Waals surface area contributed by atoms with Gasteiger partial charge in [-0.05, 0) is 42.2 Å². The molecule has 3 N–H and O–H groups in total. The molecular weight excluding hydrogens is 250 g/mol. The van der Waals surface area contributed by atoms with Gasteiger partial charge in [-0.25, -0.2) is 0 Å². The minimum atomic E-state index is 0.00336. The van der Waals surface area contributed by atoms with Gasteiger partial charge in [-0.2, -0.15) is 0 Å². The molecule has 2 aromatic rings. The Balaban J connectivity index is 1.98. The lowest BCUT2D eigenvalue weighted by molar-refractivity contribution is -0.116. The SMILES string of the molecule is Cc1cnccc1NC(=O)CC(C)c1ccc(N)cc1. The Hall–Kier alpha value is -2.36. The van der Waals surface area contributed by atoms with E-state index in [1.54, 1.807) is 18.5 Å². The smallest absolute Gasteiger partial charge is 0.224 e. The topological polar surface area (TPSA) is 68.0 Å². The molecule has 4 heteroatoms. The summed E-state index contributed by atoms with van der Waals surface area (Å²) < 4.78 is 0. The Morgan fingerprint density at radius 1 is 1.30 bits per heavy atom. The van der Waals surface area contributed by atoms with Crippen LogP contribution in [-0.4, -0.2) is 10.9 Å². The first-order valence-corrected chi connectivity index (χ1v) is 6.62. The van der Waals surface area contributed by atoms with Crippen molar-refractivity contribution in [3.8, 4) is 0 Å². The Labute approximate surface area is 119 Å². The van der Waals surface area contributed by atoms with Crippen molar-refractivity contribution < 1.29 is 4.79 Å². The van der Waals surface area contributed by atoms with Crippen molar-refractivity contribution in [3.63, 3.8) is 0 Å². The lowest BCUT2D eigenvalue weighted by Gasteiger charge is -2.13. The van der Waals surface area contributed by atoms with Crippen molar-refractivity contribution in [3.05, 3.63) is 53.9 Å². The van der Waals surface area contributed by atoms with Gasteiger partial charge in [-0.3, -0.25) is 9.78 Å². The second-order valence-corrected chi connectivity index (χ2v) is 5.01. The van der Waals surface area contributed by atoms with E-state index < -0.39 is 0 Å². The molecule has 0 aliphatic carbocycles. The van der Waals surface area contributed by atoms with Gasteiger partial charge in [-0.1, -0.05) is 19.1 Å². The summed E-state index contributed by atoms with van der Waals surface area (Å²) in [5, 5.41) is 2.92. The van der Waals surface area contributed by atoms with Crippen LogP contribution in [0.2, 0.25) is 0 Å². The van der Waals surface area contributed by atoms with Crippen LogP contribution in [0.1, 0.15) is 30.4 Å². The van der Waals surface area contributed by atoms with Crippen LogP contribution in [0.3, 0.4) is 0 Å². The molecule has 0 saturated heterocycles. The van der Waals surface area contributed by atoms with E-state index in [4.69, 9.17) is 5.73 Å². The maximum atomic E-state index is 12.1. The molecule has 1 aromatic carbocycles. The van der Waals surface area contributed by atoms with Crippen molar-refractivity contribution in [1.82, 2.24) is 4.98 Å². The van der Waals surface area contributed by atoms with Gasteiger partial charge in [0.1, 0.15) is 0 Å². The Bertz CT molecular complexity index is 593. The van der Waals surface area contributed by atoms with Crippen LogP contribution in [-0.2, 0) is 4.79 Å². The summed E-state index contributed by atoms with van der Waals surface area (Å²) in [4.78, 5) is 16.1. The van der Waals surface area contributed by atoms with Gasteiger partial charge in [0.05, 0.1) is 0 Å². The first-order chi connectivity index (χ1) is 9.56. The average Bonchev–Trinajstić information content (AvgIpc) is 2.42. The molecule has 104 valence electrons. The van der Waals surface area contributed by atoms with Gasteiger partial charge in [0, 0.05) is 30.2 Å². The third kappa shape index (κ3) is 3.57. The maximum absolute atomic E-state index is 12.1. The molecule has 0 bridgehead atoms. The average molecular weight is 269 g/mol. The number of carbonyl (C=O) groups is 1. The number of rotatable bonds is 4. The molecule has 2 rings (SSSR count). The van der Waals surface area contributed by atoms with E-state index in [9.17, 15) is 4.79 Å². The number of carbonyl (C=O) groups excluding carboxylic acids is 1. The number of anilines is 2. The van der Waals surface area contributed by atoms with Crippen molar-refractivity contribution in [1.29, 1.82) is 0 Å². The number of aryl methyl sites for hydroxylation is 1. The molecule has 20 heavy (non-hydrogen) atoms. The number of hydrogen-bond acceptors (Lipinski definition) is 3. The molecule has 0 radical (unpaired) electrons. The predicted octanol–water partition coefficient (Wildman–Crippen LogP) is 3.10. The second kappa shape index (κ2) is 6.19. The number of nitrogens with two attached hydrogens (primary N) is 1. The second-order valence-electron chi connectivity index (χ2n) is 5.01. The summed E-state index contributed by atoms with van der Waals surface area (Å²) in [7, 11) is 0. The Morgan fingerprint density at radius 2 is 2.00 bits per heavy atom. The fourth-order valence-corrected chi connectivity index (χ4v) is 2.04. The lowest BCUT2D eigenvalue weighted by atomic mass is 9.97. The highest BCUT2D eigenvalue weighted by molar-refractivity contribution is 5.91. The van der Waals surface area contributed by atoms with E-state index in [1.165, 1.54) is 0 Å². The standard InChI is InChI=1S/C16H19N3O/c1-11(13-3-5-14(17)6-4-13)9-16(20)19-15-7-8-18-10-12(15)2/h3-8,10-11H,9,17H2,1-2H3,(H,18,19,20). The molecule has 0 saturated carbocycles. The monoisotopic (exact) mass is 269 g/mol. The van der Waals surface area contributed by atoms with Gasteiger partial charge < -0.3 is 11.1 Å². The fraction of sp³-hybridized carbons (Fsp3) is 0.250. The number of nitrogens with one attached hydrogen (secondary N) is 1. The summed E-state index contributed by atoms with van der Waals surface area (Å²) in [6.45, 7) is 3.95. The quantitative estimate of drug-likeness (QED) is 0.838. The summed E-state index contributed by atoms with van der Waals surface area (Å²) in [6.07, 6.45) is 3.84. The zero-order valence-electron chi connectivity index (χ0n) is 11.8. The maximum Gasteiger partial charge on any atom is 0.224 e. The van der Waals surface area contributed by atoms with E-state index in [0.717, 1.165) is 22.5 Å². The third-order valence-electron chi connectivity index (χ3n) is 3.29. The van der Waals surface area contributed by atoms with Gasteiger partial charge in [0.2, 0.25) is 5.91 Å². The summed E-state index contributed by atoms with van der Waals surface area (Å²) >= 11 is 0. The number of nitrogen functional groups attached to an aromatic ring is 1. The lowest BCUT2D eigenvalue weighted by Crippen LogP contribution is -2.15. The van der Waals surface area contributed by atoms with Gasteiger partial charge >= 0.3 is 0 Å². The largest absolute Gasteiger partial charge is 0.399 e. The first kappa shape index (κ1) is 14.1. The van der Waals surface area contributed by atoms with Crippen LogP contribution >= 0.6 is 0 Å². The minimum Gasteiger partial charge on any atom is -0.399 e. The molecule has 1 aromatic heterocycles. The molecule has 0 aliphatic heterocycles. The van der Waals surface area contributed by atoms with Crippen LogP contribution in [0.5, 0.6) is 0 Å². The molecule has 1 amide bonds. The molecule has 1 unspecified atom stereocenters. The molecule has 4 nitrogen and oxygen atoms in total. The van der Waals surface area contributed by atoms with E-state index >= 15 is 0 Å². The number of benzene rings is 1. The summed E-state index contributed by atoms with van der Waals surface area (Å²) in [5.74, 6) is 0.154. The molecule has 1 heterocycles. The van der Waals surface area contributed by atoms with Crippen molar-refractivity contribution in [2.75, 3.05) is 11.1 Å². The molecule has 0 fully saturated rings. The predicted molar refractivity (Wildman–Crippen MR) is 81.5 cm³/mol. The third-order valence-corrected chi connectivity index (χ3v) is 3.29. The number of nitrogens with zero attached hydrogens (tertiary/aromatic N) is 1. The van der Waals surface area contributed by atoms with Crippen molar-refractivity contribution in [2.24, 2.45) is 0 Å². The van der Waals surface area contributed by atoms with E-state index in [-0.39, 0.29) is 11.8 Å². The van der Waals surface area contributed by atoms with E-state index in [2.05, 4.69) is 10.3 Å². The highest BCUT2D eigenvalue weighted by Crippen LogP contribution is 2.21. The van der Waals surface area contributed by atoms with Crippen LogP contribution in [0.15, 0.2) is 42.7 Å². The highest BCUT2D eigenvalue weighted by Gasteiger charge is 2.12. The van der Waals surface area contributed by atoms with Crippen molar-refractivity contribution >= 4 is 17.3 Å². The van der Waals surface area contributed by atoms with Crippen LogP contribution in [0.4, 0.5) is 11.4 Å². The van der Waals surface area contributed by atoms with Crippen LogP contribution < -0.4 is 11.1 Å². The zero-order valence-corrected chi connectivity index (χ0v) is 11.8. The fourth-order valence-electron chi connectivity index (χ4n) is 2.04. The molecule has 0 spiro atoms. The first-order valence-electron chi connectivity index (χ1n) is 6.62. The number of pyridine rings is 1. The summed E-state index contributed by atoms with van der Waals surface area (Å²) in [5.41, 5.74) is 9.28. The zero-order chi connectivity index (χ0) is 14.5. The van der Waals surface area contributed by atoms with Crippen LogP contribution in [0, 0.1) is 6.92 Å². The van der Waals surface area contributed by atoms with Crippen LogP contribution in [0.25, 0.3) is 0 Å². The van der Waals surface area contributed by atoms with Gasteiger partial charge in [-0.15, -0.1) is 0 Å². The van der Waals surface area contributed by atoms with Gasteiger partial charge in [0.15, 0.2) is 0 Å². The van der Waals surface area contributed by atoms with E-state index in [0.29, 0.717) is 6.42 Å². The molecule has 0 aliphatic rings. The number of aromatic nitrogens is 1. The van der Waals surface area contributed by atoms with Gasteiger partial charge in [0.25, 0.3) is 0 Å². The Kier molecular flexibility index (Phi) is 4.35. The summed E-state index contributed by atoms with van der Waals surface area (Å²) in [6, 6.07) is 9.45. The molecule has 1 atom stereocenters. The van der Waals surface area contributed by atoms with Crippen molar-refractivity contribution in [2.45, 2.75) is 26.2 Å². The Morgan fingerprint density at radius 3 is 2.65 bits per heavy atom. The highest BCUT2D eigenvalue weighted by atomic mass is 16.1. The van der Waals surface area contributed by atoms with E-state index in [1.807, 2.05) is 38.1 Å². The number of amides is 1. The minimum absolute atomic E-state index is 0.00336. The molecular formula is C16H19N3O.